The number of hydrogen-bond donors (Lipinski definition) is 0. The Labute approximate surface area is 113 Å². The largest absolute Gasteiger partial charge is 0.447 e. The maximum Gasteiger partial charge on any atom is 0.416 e. The summed E-state index contributed by atoms with van der Waals surface area (Å²) in [6, 6.07) is 7.61. The number of rotatable bonds is 3. The normalized spacial score (nSPS) is 18.8. The number of benzene rings is 1. The number of imide groups is 1. The van der Waals surface area contributed by atoms with Crippen LogP contribution in [0.5, 0.6) is 0 Å². The maximum absolute atomic E-state index is 12.3. The van der Waals surface area contributed by atoms with Crippen LogP contribution in [0.4, 0.5) is 4.79 Å². The van der Waals surface area contributed by atoms with Gasteiger partial charge in [-0.1, -0.05) is 43.7 Å². The van der Waals surface area contributed by atoms with Crippen molar-refractivity contribution < 1.29 is 14.3 Å². The van der Waals surface area contributed by atoms with Gasteiger partial charge in [0.1, 0.15) is 6.61 Å². The van der Waals surface area contributed by atoms with Crippen molar-refractivity contribution in [2.75, 3.05) is 6.61 Å². The summed E-state index contributed by atoms with van der Waals surface area (Å²) in [6.45, 7) is 6.27. The van der Waals surface area contributed by atoms with Crippen LogP contribution in [0.1, 0.15) is 25.0 Å². The molecule has 4 nitrogen and oxygen atoms in total. The summed E-state index contributed by atoms with van der Waals surface area (Å²) >= 11 is 0. The van der Waals surface area contributed by atoms with Crippen molar-refractivity contribution >= 4 is 12.0 Å². The maximum atomic E-state index is 12.3. The minimum atomic E-state index is -0.518. The third-order valence-corrected chi connectivity index (χ3v) is 3.42. The summed E-state index contributed by atoms with van der Waals surface area (Å²) < 4.78 is 4.98. The van der Waals surface area contributed by atoms with E-state index in [9.17, 15) is 9.59 Å². The van der Waals surface area contributed by atoms with Crippen molar-refractivity contribution in [1.82, 2.24) is 4.90 Å². The van der Waals surface area contributed by atoms with E-state index in [1.165, 1.54) is 4.90 Å². The fourth-order valence-corrected chi connectivity index (χ4v) is 2.18. The number of amides is 2. The van der Waals surface area contributed by atoms with Gasteiger partial charge >= 0.3 is 6.09 Å². The Morgan fingerprint density at radius 1 is 1.37 bits per heavy atom. The van der Waals surface area contributed by atoms with Gasteiger partial charge in [-0.3, -0.25) is 4.79 Å². The molecule has 2 amide bonds. The lowest BCUT2D eigenvalue weighted by atomic mass is 10.0. The smallest absolute Gasteiger partial charge is 0.416 e. The van der Waals surface area contributed by atoms with E-state index in [4.69, 9.17) is 4.74 Å². The molecule has 0 N–H and O–H groups in total. The standard InChI is InChI=1S/C15H19NO3/c1-10(2)13-9-19-15(18)16(13)14(17)8-12-6-4-11(3)5-7-12/h4-7,10,13H,8-9H2,1-3H3/t13-/m0/s1. The number of carbonyl (C=O) groups excluding carboxylic acids is 2. The van der Waals surface area contributed by atoms with Crippen LogP contribution in [0.25, 0.3) is 0 Å². The molecule has 0 spiro atoms. The van der Waals surface area contributed by atoms with Crippen molar-refractivity contribution in [1.29, 1.82) is 0 Å². The van der Waals surface area contributed by atoms with Crippen molar-refractivity contribution in [3.05, 3.63) is 35.4 Å². The lowest BCUT2D eigenvalue weighted by Gasteiger charge is -2.22. The van der Waals surface area contributed by atoms with Gasteiger partial charge in [0.05, 0.1) is 12.5 Å². The molecule has 1 aliphatic rings. The highest BCUT2D eigenvalue weighted by Crippen LogP contribution is 2.20. The monoisotopic (exact) mass is 261 g/mol. The van der Waals surface area contributed by atoms with Crippen LogP contribution < -0.4 is 0 Å². The van der Waals surface area contributed by atoms with Gasteiger partial charge in [-0.15, -0.1) is 0 Å². The zero-order valence-corrected chi connectivity index (χ0v) is 11.6. The number of cyclic esters (lactones) is 1. The Morgan fingerprint density at radius 2 is 2.00 bits per heavy atom. The van der Waals surface area contributed by atoms with Gasteiger partial charge < -0.3 is 4.74 Å². The molecule has 1 saturated heterocycles. The van der Waals surface area contributed by atoms with E-state index in [1.54, 1.807) is 0 Å². The zero-order chi connectivity index (χ0) is 14.0. The molecule has 1 atom stereocenters. The van der Waals surface area contributed by atoms with E-state index >= 15 is 0 Å². The molecular formula is C15H19NO3. The second-order valence-corrected chi connectivity index (χ2v) is 5.31. The van der Waals surface area contributed by atoms with E-state index in [0.29, 0.717) is 6.61 Å². The summed E-state index contributed by atoms with van der Waals surface area (Å²) in [6.07, 6.45) is -0.283. The van der Waals surface area contributed by atoms with Gasteiger partial charge in [-0.05, 0) is 18.4 Å². The van der Waals surface area contributed by atoms with Crippen LogP contribution >= 0.6 is 0 Å². The van der Waals surface area contributed by atoms with Crippen LogP contribution in [-0.2, 0) is 16.0 Å². The van der Waals surface area contributed by atoms with Crippen LogP contribution in [0.15, 0.2) is 24.3 Å². The summed E-state index contributed by atoms with van der Waals surface area (Å²) in [5, 5.41) is 0. The van der Waals surface area contributed by atoms with Gasteiger partial charge in [0.25, 0.3) is 0 Å². The van der Waals surface area contributed by atoms with E-state index in [-0.39, 0.29) is 24.3 Å². The van der Waals surface area contributed by atoms with Gasteiger partial charge in [0, 0.05) is 0 Å². The minimum Gasteiger partial charge on any atom is -0.447 e. The van der Waals surface area contributed by atoms with E-state index < -0.39 is 6.09 Å². The summed E-state index contributed by atoms with van der Waals surface area (Å²) in [4.78, 5) is 25.2. The lowest BCUT2D eigenvalue weighted by molar-refractivity contribution is -0.129. The van der Waals surface area contributed by atoms with Crippen LogP contribution in [-0.4, -0.2) is 29.5 Å². The molecule has 1 aliphatic heterocycles. The van der Waals surface area contributed by atoms with Crippen molar-refractivity contribution in [3.63, 3.8) is 0 Å². The van der Waals surface area contributed by atoms with Crippen LogP contribution in [0.3, 0.4) is 0 Å². The first-order valence-corrected chi connectivity index (χ1v) is 6.53. The molecular weight excluding hydrogens is 242 g/mol. The highest BCUT2D eigenvalue weighted by atomic mass is 16.6. The third kappa shape index (κ3) is 2.95. The Hall–Kier alpha value is -1.84. The number of hydrogen-bond acceptors (Lipinski definition) is 3. The number of ether oxygens (including phenoxy) is 1. The Bertz CT molecular complexity index is 479. The zero-order valence-electron chi connectivity index (χ0n) is 11.6. The highest BCUT2D eigenvalue weighted by Gasteiger charge is 2.39. The van der Waals surface area contributed by atoms with Crippen molar-refractivity contribution in [2.24, 2.45) is 5.92 Å². The average molecular weight is 261 g/mol. The van der Waals surface area contributed by atoms with Crippen molar-refractivity contribution in [2.45, 2.75) is 33.2 Å². The first-order valence-electron chi connectivity index (χ1n) is 6.53. The minimum absolute atomic E-state index is 0.148. The molecule has 0 radical (unpaired) electrons. The molecule has 1 heterocycles. The highest BCUT2D eigenvalue weighted by molar-refractivity contribution is 5.94. The quantitative estimate of drug-likeness (QED) is 0.840. The van der Waals surface area contributed by atoms with Crippen LogP contribution in [0, 0.1) is 12.8 Å². The lowest BCUT2D eigenvalue weighted by Crippen LogP contribution is -2.42. The average Bonchev–Trinajstić information content (AvgIpc) is 2.74. The number of carbonyl (C=O) groups is 2. The predicted molar refractivity (Wildman–Crippen MR) is 71.7 cm³/mol. The molecule has 0 unspecified atom stereocenters. The second-order valence-electron chi connectivity index (χ2n) is 5.31. The summed E-state index contributed by atoms with van der Waals surface area (Å²) in [7, 11) is 0. The molecule has 0 aliphatic carbocycles. The van der Waals surface area contributed by atoms with E-state index in [1.807, 2.05) is 45.0 Å². The van der Waals surface area contributed by atoms with Crippen molar-refractivity contribution in [3.8, 4) is 0 Å². The summed E-state index contributed by atoms with van der Waals surface area (Å²) in [5.41, 5.74) is 2.06. The first kappa shape index (κ1) is 13.6. The molecule has 1 aromatic rings. The van der Waals surface area contributed by atoms with Crippen LogP contribution in [0.2, 0.25) is 0 Å². The van der Waals surface area contributed by atoms with Gasteiger partial charge in [-0.2, -0.15) is 0 Å². The molecule has 102 valence electrons. The molecule has 1 fully saturated rings. The second kappa shape index (κ2) is 5.43. The Kier molecular flexibility index (Phi) is 3.88. The molecule has 2 rings (SSSR count). The van der Waals surface area contributed by atoms with Gasteiger partial charge in [0.2, 0.25) is 5.91 Å². The Balaban J connectivity index is 2.10. The molecule has 19 heavy (non-hydrogen) atoms. The fraction of sp³-hybridized carbons (Fsp3) is 0.467. The summed E-state index contributed by atoms with van der Waals surface area (Å²) in [5.74, 6) is 0.0125. The molecule has 0 bridgehead atoms. The molecule has 4 heteroatoms. The molecule has 0 saturated carbocycles. The van der Waals surface area contributed by atoms with Gasteiger partial charge in [-0.25, -0.2) is 9.69 Å². The topological polar surface area (TPSA) is 46.6 Å². The van der Waals surface area contributed by atoms with Gasteiger partial charge in [0.15, 0.2) is 0 Å². The first-order chi connectivity index (χ1) is 8.99. The Morgan fingerprint density at radius 3 is 2.58 bits per heavy atom. The van der Waals surface area contributed by atoms with E-state index in [2.05, 4.69) is 0 Å². The SMILES string of the molecule is Cc1ccc(CC(=O)N2C(=O)OC[C@H]2C(C)C)cc1. The third-order valence-electron chi connectivity index (χ3n) is 3.42. The number of aryl methyl sites for hydroxylation is 1. The fourth-order valence-electron chi connectivity index (χ4n) is 2.18. The van der Waals surface area contributed by atoms with E-state index in [0.717, 1.165) is 11.1 Å². The molecule has 1 aromatic carbocycles. The predicted octanol–water partition coefficient (Wildman–Crippen LogP) is 2.54. The number of nitrogens with zero attached hydrogens (tertiary/aromatic N) is 1. The molecule has 0 aromatic heterocycles.